The summed E-state index contributed by atoms with van der Waals surface area (Å²) in [6, 6.07) is 2.82. The summed E-state index contributed by atoms with van der Waals surface area (Å²) in [6.07, 6.45) is 0. The Morgan fingerprint density at radius 3 is 2.57 bits per heavy atom. The highest BCUT2D eigenvalue weighted by molar-refractivity contribution is 5.98. The molecule has 0 aromatic heterocycles. The second-order valence-electron chi connectivity index (χ2n) is 3.11. The fourth-order valence-corrected chi connectivity index (χ4v) is 1.18. The standard InChI is InChI=1S/C10H13NO3/c1-6-3-7(9(13)5-11-2)4-8(12)10(6)14/h3-4,11-12,14H,5H2,1-2H3. The van der Waals surface area contributed by atoms with E-state index in [2.05, 4.69) is 5.32 Å². The van der Waals surface area contributed by atoms with E-state index < -0.39 is 0 Å². The maximum Gasteiger partial charge on any atom is 0.176 e. The molecule has 0 saturated carbocycles. The highest BCUT2D eigenvalue weighted by Crippen LogP contribution is 2.29. The molecule has 1 aromatic rings. The Labute approximate surface area is 82.2 Å². The fourth-order valence-electron chi connectivity index (χ4n) is 1.18. The minimum atomic E-state index is -0.260. The summed E-state index contributed by atoms with van der Waals surface area (Å²) in [6.45, 7) is 1.84. The Kier molecular flexibility index (Phi) is 3.09. The lowest BCUT2D eigenvalue weighted by molar-refractivity contribution is 0.0993. The molecule has 0 aliphatic heterocycles. The Bertz CT molecular complexity index is 337. The van der Waals surface area contributed by atoms with Gasteiger partial charge in [0.25, 0.3) is 0 Å². The second-order valence-corrected chi connectivity index (χ2v) is 3.11. The van der Waals surface area contributed by atoms with Gasteiger partial charge in [0, 0.05) is 5.56 Å². The number of phenols is 2. The number of likely N-dealkylation sites (N-methyl/N-ethyl adjacent to an activating group) is 1. The van der Waals surface area contributed by atoms with Gasteiger partial charge >= 0.3 is 0 Å². The van der Waals surface area contributed by atoms with Crippen LogP contribution in [0, 0.1) is 6.92 Å². The average Bonchev–Trinajstić information content (AvgIpc) is 2.13. The number of hydrogen-bond acceptors (Lipinski definition) is 4. The SMILES string of the molecule is CNCC(=O)c1cc(C)c(O)c(O)c1. The molecule has 4 heteroatoms. The van der Waals surface area contributed by atoms with Crippen LogP contribution in [0.25, 0.3) is 0 Å². The fraction of sp³-hybridized carbons (Fsp3) is 0.300. The van der Waals surface area contributed by atoms with Gasteiger partial charge in [-0.05, 0) is 31.7 Å². The van der Waals surface area contributed by atoms with E-state index in [0.717, 1.165) is 0 Å². The van der Waals surface area contributed by atoms with Crippen molar-refractivity contribution >= 4 is 5.78 Å². The van der Waals surface area contributed by atoms with E-state index in [-0.39, 0.29) is 23.8 Å². The number of carbonyl (C=O) groups excluding carboxylic acids is 1. The summed E-state index contributed by atoms with van der Waals surface area (Å²) in [5.41, 5.74) is 0.886. The van der Waals surface area contributed by atoms with E-state index in [1.54, 1.807) is 20.0 Å². The van der Waals surface area contributed by atoms with Crippen molar-refractivity contribution in [1.82, 2.24) is 5.32 Å². The molecule has 0 unspecified atom stereocenters. The third kappa shape index (κ3) is 2.03. The molecule has 0 radical (unpaired) electrons. The van der Waals surface area contributed by atoms with Crippen molar-refractivity contribution in [2.45, 2.75) is 6.92 Å². The van der Waals surface area contributed by atoms with Crippen molar-refractivity contribution in [1.29, 1.82) is 0 Å². The summed E-state index contributed by atoms with van der Waals surface area (Å²) < 4.78 is 0. The molecule has 1 aromatic carbocycles. The lowest BCUT2D eigenvalue weighted by Gasteiger charge is -2.05. The molecule has 0 aliphatic rings. The maximum atomic E-state index is 11.4. The van der Waals surface area contributed by atoms with E-state index in [9.17, 15) is 15.0 Å². The van der Waals surface area contributed by atoms with Crippen molar-refractivity contribution in [3.05, 3.63) is 23.3 Å². The number of ketones is 1. The van der Waals surface area contributed by atoms with Crippen LogP contribution in [0.2, 0.25) is 0 Å². The molecule has 0 fully saturated rings. The highest BCUT2D eigenvalue weighted by Gasteiger charge is 2.10. The maximum absolute atomic E-state index is 11.4. The number of aromatic hydroxyl groups is 2. The van der Waals surface area contributed by atoms with Crippen LogP contribution in [-0.4, -0.2) is 29.6 Å². The molecular formula is C10H13NO3. The van der Waals surface area contributed by atoms with Crippen molar-refractivity contribution in [2.24, 2.45) is 0 Å². The van der Waals surface area contributed by atoms with Crippen molar-refractivity contribution in [2.75, 3.05) is 13.6 Å². The molecule has 0 amide bonds. The van der Waals surface area contributed by atoms with Crippen LogP contribution in [0.1, 0.15) is 15.9 Å². The van der Waals surface area contributed by atoms with Crippen LogP contribution < -0.4 is 5.32 Å². The summed E-state index contributed by atoms with van der Waals surface area (Å²) in [4.78, 5) is 11.4. The Balaban J connectivity index is 3.06. The molecule has 0 aliphatic carbocycles. The van der Waals surface area contributed by atoms with Crippen LogP contribution in [0.3, 0.4) is 0 Å². The minimum absolute atomic E-state index is 0.120. The number of rotatable bonds is 3. The molecule has 0 saturated heterocycles. The lowest BCUT2D eigenvalue weighted by atomic mass is 10.1. The van der Waals surface area contributed by atoms with E-state index in [4.69, 9.17) is 0 Å². The Morgan fingerprint density at radius 1 is 1.43 bits per heavy atom. The number of aryl methyl sites for hydroxylation is 1. The zero-order valence-corrected chi connectivity index (χ0v) is 8.16. The molecule has 76 valence electrons. The van der Waals surface area contributed by atoms with Gasteiger partial charge in [-0.25, -0.2) is 0 Å². The Morgan fingerprint density at radius 2 is 2.07 bits per heavy atom. The third-order valence-electron chi connectivity index (χ3n) is 1.94. The van der Waals surface area contributed by atoms with Gasteiger partial charge in [0.2, 0.25) is 0 Å². The van der Waals surface area contributed by atoms with E-state index in [1.165, 1.54) is 6.07 Å². The zero-order chi connectivity index (χ0) is 10.7. The van der Waals surface area contributed by atoms with Crippen LogP contribution in [0.4, 0.5) is 0 Å². The van der Waals surface area contributed by atoms with Gasteiger partial charge in [-0.15, -0.1) is 0 Å². The van der Waals surface area contributed by atoms with Crippen LogP contribution in [-0.2, 0) is 0 Å². The van der Waals surface area contributed by atoms with Gasteiger partial charge in [-0.3, -0.25) is 4.79 Å². The lowest BCUT2D eigenvalue weighted by Crippen LogP contribution is -2.18. The average molecular weight is 195 g/mol. The number of nitrogens with one attached hydrogen (secondary N) is 1. The molecule has 0 bridgehead atoms. The van der Waals surface area contributed by atoms with Crippen molar-refractivity contribution < 1.29 is 15.0 Å². The third-order valence-corrected chi connectivity index (χ3v) is 1.94. The molecule has 3 N–H and O–H groups in total. The first kappa shape index (κ1) is 10.5. The molecule has 0 heterocycles. The number of Topliss-reactive ketones (excluding diaryl/α,β-unsaturated/α-hetero) is 1. The zero-order valence-electron chi connectivity index (χ0n) is 8.16. The minimum Gasteiger partial charge on any atom is -0.504 e. The van der Waals surface area contributed by atoms with Gasteiger partial charge < -0.3 is 15.5 Å². The molecule has 14 heavy (non-hydrogen) atoms. The number of carbonyl (C=O) groups is 1. The normalized spacial score (nSPS) is 10.1. The van der Waals surface area contributed by atoms with Gasteiger partial charge in [-0.2, -0.15) is 0 Å². The molecule has 1 rings (SSSR count). The van der Waals surface area contributed by atoms with Crippen molar-refractivity contribution in [3.63, 3.8) is 0 Å². The summed E-state index contributed by atoms with van der Waals surface area (Å²) in [5, 5.41) is 21.3. The van der Waals surface area contributed by atoms with Crippen molar-refractivity contribution in [3.8, 4) is 11.5 Å². The quantitative estimate of drug-likeness (QED) is 0.493. The molecule has 4 nitrogen and oxygen atoms in total. The summed E-state index contributed by atoms with van der Waals surface area (Å²) in [5.74, 6) is -0.554. The predicted octanol–water partition coefficient (Wildman–Crippen LogP) is 0.808. The van der Waals surface area contributed by atoms with Crippen LogP contribution in [0.5, 0.6) is 11.5 Å². The molecule has 0 spiro atoms. The van der Waals surface area contributed by atoms with Crippen LogP contribution >= 0.6 is 0 Å². The van der Waals surface area contributed by atoms with E-state index in [0.29, 0.717) is 11.1 Å². The summed E-state index contributed by atoms with van der Waals surface area (Å²) >= 11 is 0. The monoisotopic (exact) mass is 195 g/mol. The smallest absolute Gasteiger partial charge is 0.176 e. The first-order chi connectivity index (χ1) is 6.56. The van der Waals surface area contributed by atoms with Gasteiger partial charge in [0.1, 0.15) is 0 Å². The van der Waals surface area contributed by atoms with Gasteiger partial charge in [0.05, 0.1) is 6.54 Å². The number of benzene rings is 1. The largest absolute Gasteiger partial charge is 0.504 e. The first-order valence-corrected chi connectivity index (χ1v) is 4.26. The number of phenolic OH excluding ortho intramolecular Hbond substituents is 2. The van der Waals surface area contributed by atoms with Gasteiger partial charge in [0.15, 0.2) is 17.3 Å². The van der Waals surface area contributed by atoms with E-state index >= 15 is 0 Å². The number of hydrogen-bond donors (Lipinski definition) is 3. The summed E-state index contributed by atoms with van der Waals surface area (Å²) in [7, 11) is 1.67. The van der Waals surface area contributed by atoms with Gasteiger partial charge in [-0.1, -0.05) is 0 Å². The first-order valence-electron chi connectivity index (χ1n) is 4.26. The topological polar surface area (TPSA) is 69.6 Å². The van der Waals surface area contributed by atoms with E-state index in [1.807, 2.05) is 0 Å². The molecule has 0 atom stereocenters. The highest BCUT2D eigenvalue weighted by atomic mass is 16.3. The molecular weight excluding hydrogens is 182 g/mol. The Hall–Kier alpha value is -1.55. The van der Waals surface area contributed by atoms with Crippen LogP contribution in [0.15, 0.2) is 12.1 Å². The second kappa shape index (κ2) is 4.11. The predicted molar refractivity (Wildman–Crippen MR) is 52.8 cm³/mol.